The van der Waals surface area contributed by atoms with Gasteiger partial charge in [0, 0.05) is 48.0 Å². The molecule has 128 valence electrons. The first-order chi connectivity index (χ1) is 12.4. The third kappa shape index (κ3) is 2.85. The van der Waals surface area contributed by atoms with Crippen LogP contribution in [-0.4, -0.2) is 39.5 Å². The van der Waals surface area contributed by atoms with Gasteiger partial charge in [0.1, 0.15) is 5.82 Å². The fourth-order valence-electron chi connectivity index (χ4n) is 4.70. The van der Waals surface area contributed by atoms with Crippen molar-refractivity contribution >= 4 is 10.9 Å². The van der Waals surface area contributed by atoms with Crippen LogP contribution in [0.5, 0.6) is 0 Å². The van der Waals surface area contributed by atoms with Crippen molar-refractivity contribution in [2.24, 2.45) is 11.8 Å². The second-order valence-electron chi connectivity index (χ2n) is 7.59. The van der Waals surface area contributed by atoms with E-state index in [0.29, 0.717) is 0 Å². The van der Waals surface area contributed by atoms with Gasteiger partial charge in [0.15, 0.2) is 0 Å². The zero-order valence-electron chi connectivity index (χ0n) is 14.5. The Bertz CT molecular complexity index is 867. The second kappa shape index (κ2) is 6.26. The highest BCUT2D eigenvalue weighted by atomic mass is 15.1. The van der Waals surface area contributed by atoms with Gasteiger partial charge in [0.2, 0.25) is 0 Å². The number of aromatic amines is 1. The van der Waals surface area contributed by atoms with Gasteiger partial charge < -0.3 is 9.88 Å². The van der Waals surface area contributed by atoms with E-state index in [1.165, 1.54) is 49.8 Å². The predicted molar refractivity (Wildman–Crippen MR) is 100 cm³/mol. The van der Waals surface area contributed by atoms with Gasteiger partial charge in [-0.05, 0) is 61.9 Å². The van der Waals surface area contributed by atoms with Crippen LogP contribution in [0, 0.1) is 11.8 Å². The molecule has 5 rings (SSSR count). The van der Waals surface area contributed by atoms with Crippen molar-refractivity contribution in [3.63, 3.8) is 0 Å². The number of rotatable bonds is 3. The van der Waals surface area contributed by atoms with Crippen LogP contribution in [-0.2, 0) is 6.42 Å². The minimum Gasteiger partial charge on any atom is -0.361 e. The second-order valence-corrected chi connectivity index (χ2v) is 7.59. The molecule has 0 aliphatic carbocycles. The third-order valence-corrected chi connectivity index (χ3v) is 6.08. The fourth-order valence-corrected chi connectivity index (χ4v) is 4.70. The number of aromatic nitrogens is 3. The Morgan fingerprint density at radius 2 is 2.00 bits per heavy atom. The molecule has 2 aliphatic heterocycles. The van der Waals surface area contributed by atoms with Crippen LogP contribution in [0.25, 0.3) is 22.0 Å². The van der Waals surface area contributed by atoms with E-state index < -0.39 is 0 Å². The summed E-state index contributed by atoms with van der Waals surface area (Å²) in [5, 5.41) is 1.23. The Balaban J connectivity index is 1.36. The molecule has 4 nitrogen and oxygen atoms in total. The number of nitrogens with zero attached hydrogens (tertiary/aromatic N) is 3. The molecule has 3 unspecified atom stereocenters. The van der Waals surface area contributed by atoms with E-state index in [1.54, 1.807) is 0 Å². The normalized spacial score (nSPS) is 26.0. The highest BCUT2D eigenvalue weighted by Crippen LogP contribution is 2.33. The van der Waals surface area contributed by atoms with Crippen LogP contribution in [0.4, 0.5) is 0 Å². The fraction of sp³-hybridized carbons (Fsp3) is 0.429. The van der Waals surface area contributed by atoms with Gasteiger partial charge in [0.05, 0.1) is 0 Å². The third-order valence-electron chi connectivity index (χ3n) is 6.08. The molecular weight excluding hydrogens is 308 g/mol. The highest BCUT2D eigenvalue weighted by Gasteiger charge is 2.32. The van der Waals surface area contributed by atoms with Gasteiger partial charge in [-0.1, -0.05) is 12.1 Å². The maximum Gasteiger partial charge on any atom is 0.128 e. The van der Waals surface area contributed by atoms with Gasteiger partial charge in [-0.15, -0.1) is 0 Å². The van der Waals surface area contributed by atoms with Crippen LogP contribution in [0.1, 0.15) is 25.1 Å². The molecule has 2 bridgehead atoms. The first kappa shape index (κ1) is 15.1. The molecule has 0 amide bonds. The van der Waals surface area contributed by atoms with E-state index in [2.05, 4.69) is 34.1 Å². The molecule has 1 aromatic carbocycles. The number of benzene rings is 1. The van der Waals surface area contributed by atoms with Crippen molar-refractivity contribution in [2.75, 3.05) is 19.6 Å². The summed E-state index contributed by atoms with van der Waals surface area (Å²) >= 11 is 0. The molecule has 1 N–H and O–H groups in total. The molecule has 0 spiro atoms. The average molecular weight is 332 g/mol. The van der Waals surface area contributed by atoms with Crippen LogP contribution in [0.15, 0.2) is 42.9 Å². The van der Waals surface area contributed by atoms with Gasteiger partial charge in [-0.2, -0.15) is 0 Å². The van der Waals surface area contributed by atoms with Gasteiger partial charge in [-0.3, -0.25) is 0 Å². The maximum atomic E-state index is 4.71. The molecule has 4 heterocycles. The van der Waals surface area contributed by atoms with E-state index >= 15 is 0 Å². The number of piperidine rings is 2. The lowest BCUT2D eigenvalue weighted by atomic mass is 9.78. The van der Waals surface area contributed by atoms with Crippen LogP contribution in [0.3, 0.4) is 0 Å². The van der Waals surface area contributed by atoms with Crippen molar-refractivity contribution < 1.29 is 0 Å². The summed E-state index contributed by atoms with van der Waals surface area (Å²) in [6, 6.07) is 8.45. The summed E-state index contributed by atoms with van der Waals surface area (Å²) in [5.41, 5.74) is 3.46. The first-order valence-corrected chi connectivity index (χ1v) is 9.46. The molecule has 25 heavy (non-hydrogen) atoms. The van der Waals surface area contributed by atoms with Gasteiger partial charge in [0.25, 0.3) is 0 Å². The number of H-pyrrole nitrogens is 1. The Morgan fingerprint density at radius 1 is 1.08 bits per heavy atom. The van der Waals surface area contributed by atoms with Crippen LogP contribution >= 0.6 is 0 Å². The lowest BCUT2D eigenvalue weighted by molar-refractivity contribution is 0.0731. The van der Waals surface area contributed by atoms with Crippen molar-refractivity contribution in [2.45, 2.75) is 25.7 Å². The van der Waals surface area contributed by atoms with E-state index in [4.69, 9.17) is 9.97 Å². The smallest absolute Gasteiger partial charge is 0.128 e. The molecule has 3 aromatic rings. The minimum absolute atomic E-state index is 0.760. The predicted octanol–water partition coefficient (Wildman–Crippen LogP) is 3.90. The minimum atomic E-state index is 0.760. The number of hydrogen-bond acceptors (Lipinski definition) is 3. The largest absolute Gasteiger partial charge is 0.361 e. The Kier molecular flexibility index (Phi) is 3.78. The van der Waals surface area contributed by atoms with Crippen molar-refractivity contribution in [3.05, 3.63) is 48.7 Å². The van der Waals surface area contributed by atoms with Gasteiger partial charge in [-0.25, -0.2) is 9.97 Å². The molecular formula is C21H24N4. The highest BCUT2D eigenvalue weighted by molar-refractivity contribution is 5.94. The quantitative estimate of drug-likeness (QED) is 0.791. The molecule has 3 atom stereocenters. The van der Waals surface area contributed by atoms with Crippen molar-refractivity contribution in [3.8, 4) is 11.1 Å². The molecule has 2 aliphatic rings. The van der Waals surface area contributed by atoms with Crippen LogP contribution < -0.4 is 0 Å². The Hall–Kier alpha value is -2.20. The summed E-state index contributed by atoms with van der Waals surface area (Å²) < 4.78 is 0. The standard InChI is InChI=1S/C21H24N4/c1-4-18(19-6-8-22-20(19)5-1)17-12-23-21(24-13-17)11-15-7-10-25-9-2-3-16(15)14-25/h1,4-6,8,12-13,15-16,22H,2-3,7,9-11,14H2. The lowest BCUT2D eigenvalue weighted by Crippen LogP contribution is -2.45. The monoisotopic (exact) mass is 332 g/mol. The summed E-state index contributed by atoms with van der Waals surface area (Å²) in [6.45, 7) is 3.85. The van der Waals surface area contributed by atoms with E-state index in [9.17, 15) is 0 Å². The summed E-state index contributed by atoms with van der Waals surface area (Å²) in [7, 11) is 0. The van der Waals surface area contributed by atoms with E-state index in [-0.39, 0.29) is 0 Å². The lowest BCUT2D eigenvalue weighted by Gasteiger charge is -2.42. The van der Waals surface area contributed by atoms with E-state index in [0.717, 1.165) is 35.2 Å². The zero-order valence-corrected chi connectivity index (χ0v) is 14.5. The van der Waals surface area contributed by atoms with Crippen LogP contribution in [0.2, 0.25) is 0 Å². The topological polar surface area (TPSA) is 44.8 Å². The molecule has 2 saturated heterocycles. The van der Waals surface area contributed by atoms with Gasteiger partial charge >= 0.3 is 0 Å². The number of hydrogen-bond donors (Lipinski definition) is 1. The molecule has 2 aromatic heterocycles. The Labute approximate surface area is 148 Å². The number of nitrogens with one attached hydrogen (secondary N) is 1. The van der Waals surface area contributed by atoms with Crippen molar-refractivity contribution in [1.82, 2.24) is 19.9 Å². The molecule has 2 fully saturated rings. The molecule has 4 heteroatoms. The zero-order chi connectivity index (χ0) is 16.6. The summed E-state index contributed by atoms with van der Waals surface area (Å²) in [4.78, 5) is 15.3. The summed E-state index contributed by atoms with van der Waals surface area (Å²) in [6.07, 6.45) is 11.1. The summed E-state index contributed by atoms with van der Waals surface area (Å²) in [5.74, 6) is 2.61. The van der Waals surface area contributed by atoms with Crippen molar-refractivity contribution in [1.29, 1.82) is 0 Å². The Morgan fingerprint density at radius 3 is 2.92 bits per heavy atom. The molecule has 0 saturated carbocycles. The first-order valence-electron chi connectivity index (χ1n) is 9.46. The van der Waals surface area contributed by atoms with E-state index in [1.807, 2.05) is 18.6 Å². The average Bonchev–Trinajstić information content (AvgIpc) is 3.14. The SMILES string of the molecule is c1cc(-c2cnc(CC3CCN4CCCC3C4)nc2)c2cc[nH]c2c1. The molecule has 0 radical (unpaired) electrons. The maximum absolute atomic E-state index is 4.71. The number of fused-ring (bicyclic) bond motifs is 3.